The molecule has 152 valence electrons. The number of guanidine groups is 1. The van der Waals surface area contributed by atoms with E-state index in [0.29, 0.717) is 6.42 Å². The molecule has 1 heterocycles. The van der Waals surface area contributed by atoms with E-state index in [0.717, 1.165) is 16.7 Å². The van der Waals surface area contributed by atoms with Crippen molar-refractivity contribution < 1.29 is 14.3 Å². The molecule has 1 amide bonds. The highest BCUT2D eigenvalue weighted by atomic mass is 16.5. The zero-order valence-corrected chi connectivity index (χ0v) is 16.1. The van der Waals surface area contributed by atoms with Crippen LogP contribution in [0.3, 0.4) is 0 Å². The fraction of sp³-hybridized carbons (Fsp3) is 0.250. The molecule has 1 aliphatic rings. The van der Waals surface area contributed by atoms with Gasteiger partial charge in [0.05, 0.1) is 19.2 Å². The van der Waals surface area contributed by atoms with Gasteiger partial charge in [-0.2, -0.15) is 0 Å². The molecule has 0 aliphatic carbocycles. The lowest BCUT2D eigenvalue weighted by Crippen LogP contribution is -2.52. The van der Waals surface area contributed by atoms with Crippen LogP contribution in [0.5, 0.6) is 0 Å². The van der Waals surface area contributed by atoms with Gasteiger partial charge in [0, 0.05) is 0 Å². The number of hydrazine groups is 2. The van der Waals surface area contributed by atoms with Crippen LogP contribution in [0.25, 0.3) is 11.1 Å². The van der Waals surface area contributed by atoms with Crippen LogP contribution in [0, 0.1) is 0 Å². The first-order valence-electron chi connectivity index (χ1n) is 9.33. The first kappa shape index (κ1) is 20.3. The minimum Gasteiger partial charge on any atom is -0.465 e. The summed E-state index contributed by atoms with van der Waals surface area (Å²) in [4.78, 5) is 24.4. The van der Waals surface area contributed by atoms with Crippen molar-refractivity contribution >= 4 is 17.8 Å². The number of amides is 1. The summed E-state index contributed by atoms with van der Waals surface area (Å²) in [6, 6.07) is 17.4. The quantitative estimate of drug-likeness (QED) is 0.411. The molecule has 9 nitrogen and oxygen atoms in total. The molecule has 0 spiro atoms. The number of nitrogens with zero attached hydrogens (tertiary/aromatic N) is 1. The summed E-state index contributed by atoms with van der Waals surface area (Å²) >= 11 is 0. The van der Waals surface area contributed by atoms with Gasteiger partial charge in [0.25, 0.3) is 0 Å². The molecule has 1 atom stereocenters. The molecule has 0 saturated heterocycles. The molecule has 2 aromatic rings. The van der Waals surface area contributed by atoms with Crippen molar-refractivity contribution in [3.63, 3.8) is 0 Å². The number of esters is 1. The molecule has 5 N–H and O–H groups in total. The van der Waals surface area contributed by atoms with Crippen LogP contribution in [0.4, 0.5) is 0 Å². The van der Waals surface area contributed by atoms with E-state index in [2.05, 4.69) is 32.2 Å². The van der Waals surface area contributed by atoms with Gasteiger partial charge in [-0.05, 0) is 30.0 Å². The van der Waals surface area contributed by atoms with E-state index in [-0.39, 0.29) is 25.0 Å². The second-order valence-corrected chi connectivity index (χ2v) is 6.32. The normalized spacial score (nSPS) is 13.6. The summed E-state index contributed by atoms with van der Waals surface area (Å²) in [6.07, 6.45) is 0.397. The fourth-order valence-corrected chi connectivity index (χ4v) is 2.84. The average molecular weight is 396 g/mol. The third-order valence-corrected chi connectivity index (χ3v) is 4.26. The molecular weight excluding hydrogens is 372 g/mol. The van der Waals surface area contributed by atoms with E-state index in [4.69, 9.17) is 4.74 Å². The maximum Gasteiger partial charge on any atom is 0.319 e. The lowest BCUT2D eigenvalue weighted by molar-refractivity contribution is -0.142. The highest BCUT2D eigenvalue weighted by Gasteiger charge is 2.22. The molecule has 29 heavy (non-hydrogen) atoms. The summed E-state index contributed by atoms with van der Waals surface area (Å²) in [6.45, 7) is 1.96. The Labute approximate surface area is 168 Å². The van der Waals surface area contributed by atoms with E-state index in [1.165, 1.54) is 0 Å². The number of nitrogens with one attached hydrogen (secondary N) is 5. The minimum atomic E-state index is -0.646. The Hall–Kier alpha value is -3.43. The number of rotatable bonds is 8. The minimum absolute atomic E-state index is 0.0650. The summed E-state index contributed by atoms with van der Waals surface area (Å²) in [5.41, 5.74) is 10.8. The molecular formula is C20H24N6O3. The zero-order chi connectivity index (χ0) is 20.5. The summed E-state index contributed by atoms with van der Waals surface area (Å²) in [5.74, 6) is -0.486. The van der Waals surface area contributed by atoms with Gasteiger partial charge in [-0.15, -0.1) is 10.6 Å². The lowest BCUT2D eigenvalue weighted by Gasteiger charge is -2.18. The summed E-state index contributed by atoms with van der Waals surface area (Å²) in [5, 5.41) is 9.44. The maximum absolute atomic E-state index is 12.7. The van der Waals surface area contributed by atoms with E-state index in [1.54, 1.807) is 6.92 Å². The molecule has 1 unspecified atom stereocenters. The highest BCUT2D eigenvalue weighted by Crippen LogP contribution is 2.19. The summed E-state index contributed by atoms with van der Waals surface area (Å²) < 4.78 is 4.93. The molecule has 0 fully saturated rings. The van der Waals surface area contributed by atoms with E-state index < -0.39 is 12.0 Å². The molecule has 9 heteroatoms. The zero-order valence-electron chi connectivity index (χ0n) is 16.1. The SMILES string of the molecule is CCOC(=O)CNC(Cc1ccc(-c2ccccc2)cc1)C(=O)NC1=NNNN1. The largest absolute Gasteiger partial charge is 0.465 e. The number of carbonyl (C=O) groups excluding carboxylic acids is 2. The predicted octanol–water partition coefficient (Wildman–Crippen LogP) is 0.417. The molecule has 3 rings (SSSR count). The van der Waals surface area contributed by atoms with Crippen molar-refractivity contribution in [2.75, 3.05) is 13.2 Å². The van der Waals surface area contributed by atoms with E-state index >= 15 is 0 Å². The van der Waals surface area contributed by atoms with Crippen molar-refractivity contribution in [1.82, 2.24) is 27.1 Å². The number of benzene rings is 2. The van der Waals surface area contributed by atoms with Crippen LogP contribution in [-0.4, -0.2) is 37.0 Å². The smallest absolute Gasteiger partial charge is 0.319 e. The number of ether oxygens (including phenoxy) is 1. The Kier molecular flexibility index (Phi) is 7.15. The topological polar surface area (TPSA) is 116 Å². The first-order chi connectivity index (χ1) is 14.2. The van der Waals surface area contributed by atoms with Gasteiger partial charge in [0.1, 0.15) is 0 Å². The van der Waals surface area contributed by atoms with Crippen LogP contribution >= 0.6 is 0 Å². The Balaban J connectivity index is 1.67. The predicted molar refractivity (Wildman–Crippen MR) is 109 cm³/mol. The third-order valence-electron chi connectivity index (χ3n) is 4.26. The number of hydrogen-bond donors (Lipinski definition) is 5. The Bertz CT molecular complexity index is 854. The molecule has 1 aliphatic heterocycles. The van der Waals surface area contributed by atoms with Crippen LogP contribution in [-0.2, 0) is 20.7 Å². The van der Waals surface area contributed by atoms with Crippen LogP contribution in [0.2, 0.25) is 0 Å². The van der Waals surface area contributed by atoms with Gasteiger partial charge in [-0.25, -0.2) is 5.53 Å². The van der Waals surface area contributed by atoms with Crippen molar-refractivity contribution in [3.05, 3.63) is 60.2 Å². The van der Waals surface area contributed by atoms with Crippen LogP contribution in [0.1, 0.15) is 12.5 Å². The van der Waals surface area contributed by atoms with Gasteiger partial charge in [0.15, 0.2) is 0 Å². The van der Waals surface area contributed by atoms with Crippen molar-refractivity contribution in [2.24, 2.45) is 5.10 Å². The first-order valence-corrected chi connectivity index (χ1v) is 9.33. The Morgan fingerprint density at radius 2 is 1.79 bits per heavy atom. The molecule has 0 radical (unpaired) electrons. The van der Waals surface area contributed by atoms with Gasteiger partial charge in [-0.3, -0.25) is 25.6 Å². The monoisotopic (exact) mass is 396 g/mol. The number of carbonyl (C=O) groups is 2. The maximum atomic E-state index is 12.7. The number of hydrogen-bond acceptors (Lipinski definition) is 8. The molecule has 0 bridgehead atoms. The van der Waals surface area contributed by atoms with Gasteiger partial charge < -0.3 is 4.74 Å². The lowest BCUT2D eigenvalue weighted by atomic mass is 10.0. The van der Waals surface area contributed by atoms with Crippen molar-refractivity contribution in [2.45, 2.75) is 19.4 Å². The van der Waals surface area contributed by atoms with Gasteiger partial charge in [-0.1, -0.05) is 54.6 Å². The van der Waals surface area contributed by atoms with Gasteiger partial charge in [0.2, 0.25) is 11.9 Å². The third kappa shape index (κ3) is 6.03. The van der Waals surface area contributed by atoms with Gasteiger partial charge >= 0.3 is 5.97 Å². The molecule has 0 saturated carbocycles. The molecule has 2 aromatic carbocycles. The standard InChI is InChI=1S/C20H24N6O3/c1-2-29-18(27)13-21-17(19(28)22-20-23-25-26-24-20)12-14-8-10-16(11-9-14)15-6-4-3-5-7-15/h3-11,17,21,25-26H,2,12-13H2,1H3,(H2,22,23,24,28). The van der Waals surface area contributed by atoms with Crippen molar-refractivity contribution in [3.8, 4) is 11.1 Å². The van der Waals surface area contributed by atoms with Crippen molar-refractivity contribution in [1.29, 1.82) is 0 Å². The van der Waals surface area contributed by atoms with E-state index in [1.807, 2.05) is 54.6 Å². The Morgan fingerprint density at radius 3 is 2.45 bits per heavy atom. The Morgan fingerprint density at radius 1 is 1.07 bits per heavy atom. The second kappa shape index (κ2) is 10.2. The van der Waals surface area contributed by atoms with Crippen LogP contribution < -0.4 is 27.1 Å². The fourth-order valence-electron chi connectivity index (χ4n) is 2.84. The average Bonchev–Trinajstić information content (AvgIpc) is 3.25. The van der Waals surface area contributed by atoms with E-state index in [9.17, 15) is 9.59 Å². The highest BCUT2D eigenvalue weighted by molar-refractivity contribution is 5.99. The number of hydrazone groups is 1. The molecule has 0 aromatic heterocycles. The van der Waals surface area contributed by atoms with Crippen LogP contribution in [0.15, 0.2) is 59.7 Å². The summed E-state index contributed by atoms with van der Waals surface area (Å²) in [7, 11) is 0. The second-order valence-electron chi connectivity index (χ2n) is 6.32.